The molecule has 0 amide bonds. The molecule has 0 aromatic heterocycles. The van der Waals surface area contributed by atoms with Gasteiger partial charge in [0.05, 0.1) is 7.11 Å². The van der Waals surface area contributed by atoms with Crippen LogP contribution in [0.4, 0.5) is 4.39 Å². The molecule has 0 aliphatic rings. The van der Waals surface area contributed by atoms with E-state index in [2.05, 4.69) is 28.1 Å². The Labute approximate surface area is 127 Å². The van der Waals surface area contributed by atoms with Gasteiger partial charge in [-0.05, 0) is 54.2 Å². The summed E-state index contributed by atoms with van der Waals surface area (Å²) in [5.74, 6) is 1.15. The number of alkyl halides is 1. The van der Waals surface area contributed by atoms with Crippen molar-refractivity contribution in [1.82, 2.24) is 0 Å². The van der Waals surface area contributed by atoms with Gasteiger partial charge in [0.25, 0.3) is 0 Å². The normalized spacial score (nSPS) is 12.2. The third-order valence-electron chi connectivity index (χ3n) is 3.32. The van der Waals surface area contributed by atoms with Gasteiger partial charge in [0.1, 0.15) is 11.6 Å². The minimum Gasteiger partial charge on any atom is -0.497 e. The molecule has 0 spiro atoms. The fraction of sp³-hybridized carbons (Fsp3) is 0.294. The van der Waals surface area contributed by atoms with Crippen LogP contribution in [-0.2, 0) is 12.8 Å². The zero-order chi connectivity index (χ0) is 14.4. The highest BCUT2D eigenvalue weighted by atomic mass is 79.9. The van der Waals surface area contributed by atoms with E-state index >= 15 is 0 Å². The maximum Gasteiger partial charge on any atom is 0.123 e. The summed E-state index contributed by atoms with van der Waals surface area (Å²) in [5, 5.41) is 0.898. The smallest absolute Gasteiger partial charge is 0.123 e. The molecule has 1 unspecified atom stereocenters. The second-order valence-corrected chi connectivity index (χ2v) is 5.55. The molecule has 1 atom stereocenters. The molecule has 2 aromatic rings. The number of hydrogen-bond acceptors (Lipinski definition) is 1. The van der Waals surface area contributed by atoms with Gasteiger partial charge in [0.2, 0.25) is 0 Å². The highest BCUT2D eigenvalue weighted by molar-refractivity contribution is 9.09. The van der Waals surface area contributed by atoms with Crippen molar-refractivity contribution < 1.29 is 9.13 Å². The number of halogens is 2. The highest BCUT2D eigenvalue weighted by Gasteiger charge is 2.10. The van der Waals surface area contributed by atoms with Gasteiger partial charge in [-0.2, -0.15) is 0 Å². The van der Waals surface area contributed by atoms with Gasteiger partial charge < -0.3 is 4.74 Å². The van der Waals surface area contributed by atoms with E-state index < -0.39 is 0 Å². The lowest BCUT2D eigenvalue weighted by atomic mass is 9.94. The summed E-state index contributed by atoms with van der Waals surface area (Å²) in [6.07, 6.45) is 1.83. The molecule has 0 aliphatic carbocycles. The SMILES string of the molecule is COc1ccc(CC(CBr)Cc2cccc(F)c2)cc1. The van der Waals surface area contributed by atoms with Gasteiger partial charge in [-0.1, -0.05) is 40.2 Å². The largest absolute Gasteiger partial charge is 0.497 e. The first-order valence-electron chi connectivity index (χ1n) is 6.64. The molecule has 0 saturated heterocycles. The van der Waals surface area contributed by atoms with Crippen LogP contribution in [0.15, 0.2) is 48.5 Å². The Hall–Kier alpha value is -1.35. The summed E-state index contributed by atoms with van der Waals surface area (Å²) < 4.78 is 18.4. The highest BCUT2D eigenvalue weighted by Crippen LogP contribution is 2.19. The molecule has 106 valence electrons. The molecule has 0 saturated carbocycles. The van der Waals surface area contributed by atoms with Gasteiger partial charge in [0, 0.05) is 5.33 Å². The summed E-state index contributed by atoms with van der Waals surface area (Å²) >= 11 is 3.56. The van der Waals surface area contributed by atoms with Gasteiger partial charge in [0.15, 0.2) is 0 Å². The van der Waals surface area contributed by atoms with E-state index in [1.807, 2.05) is 18.2 Å². The summed E-state index contributed by atoms with van der Waals surface area (Å²) in [5.41, 5.74) is 2.31. The van der Waals surface area contributed by atoms with Crippen molar-refractivity contribution in [3.63, 3.8) is 0 Å². The van der Waals surface area contributed by atoms with Crippen molar-refractivity contribution in [3.8, 4) is 5.75 Å². The van der Waals surface area contributed by atoms with Crippen LogP contribution in [0.5, 0.6) is 5.75 Å². The minimum atomic E-state index is -0.166. The summed E-state index contributed by atoms with van der Waals surface area (Å²) in [6, 6.07) is 15.0. The lowest BCUT2D eigenvalue weighted by molar-refractivity contribution is 0.414. The van der Waals surface area contributed by atoms with E-state index in [4.69, 9.17) is 4.74 Å². The van der Waals surface area contributed by atoms with Crippen molar-refractivity contribution >= 4 is 15.9 Å². The molecule has 0 radical (unpaired) electrons. The van der Waals surface area contributed by atoms with Gasteiger partial charge >= 0.3 is 0 Å². The second kappa shape index (κ2) is 7.44. The van der Waals surface area contributed by atoms with Crippen LogP contribution in [0.25, 0.3) is 0 Å². The van der Waals surface area contributed by atoms with Crippen LogP contribution in [0.3, 0.4) is 0 Å². The first kappa shape index (κ1) is 15.0. The number of methoxy groups -OCH3 is 1. The molecule has 1 nitrogen and oxygen atoms in total. The Morgan fingerprint density at radius 1 is 1.05 bits per heavy atom. The lowest BCUT2D eigenvalue weighted by Crippen LogP contribution is -2.10. The molecular weight excluding hydrogens is 319 g/mol. The molecule has 2 aromatic carbocycles. The van der Waals surface area contributed by atoms with Crippen molar-refractivity contribution in [2.75, 3.05) is 12.4 Å². The van der Waals surface area contributed by atoms with Gasteiger partial charge in [-0.25, -0.2) is 4.39 Å². The Kier molecular flexibility index (Phi) is 5.60. The monoisotopic (exact) mass is 336 g/mol. The zero-order valence-corrected chi connectivity index (χ0v) is 13.1. The Morgan fingerprint density at radius 2 is 1.75 bits per heavy atom. The number of benzene rings is 2. The molecule has 20 heavy (non-hydrogen) atoms. The molecule has 0 N–H and O–H groups in total. The number of ether oxygens (including phenoxy) is 1. The van der Waals surface area contributed by atoms with Gasteiger partial charge in [-0.15, -0.1) is 0 Å². The van der Waals surface area contributed by atoms with E-state index in [1.165, 1.54) is 11.6 Å². The maximum absolute atomic E-state index is 13.2. The predicted octanol–water partition coefficient (Wildman–Crippen LogP) is 4.63. The number of rotatable bonds is 6. The van der Waals surface area contributed by atoms with Crippen LogP contribution in [0.1, 0.15) is 11.1 Å². The fourth-order valence-corrected chi connectivity index (χ4v) is 2.73. The molecule has 0 aliphatic heterocycles. The summed E-state index contributed by atoms with van der Waals surface area (Å²) in [7, 11) is 1.67. The lowest BCUT2D eigenvalue weighted by Gasteiger charge is -2.14. The fourth-order valence-electron chi connectivity index (χ4n) is 2.27. The first-order valence-corrected chi connectivity index (χ1v) is 7.76. The molecule has 0 fully saturated rings. The second-order valence-electron chi connectivity index (χ2n) is 4.91. The van der Waals surface area contributed by atoms with Crippen LogP contribution in [-0.4, -0.2) is 12.4 Å². The number of hydrogen-bond donors (Lipinski definition) is 0. The summed E-state index contributed by atoms with van der Waals surface area (Å²) in [6.45, 7) is 0. The van der Waals surface area contributed by atoms with Crippen LogP contribution < -0.4 is 4.74 Å². The zero-order valence-electron chi connectivity index (χ0n) is 11.5. The van der Waals surface area contributed by atoms with Crippen molar-refractivity contribution in [1.29, 1.82) is 0 Å². The van der Waals surface area contributed by atoms with Crippen molar-refractivity contribution in [2.24, 2.45) is 5.92 Å². The minimum absolute atomic E-state index is 0.166. The molecule has 3 heteroatoms. The maximum atomic E-state index is 13.2. The Balaban J connectivity index is 2.01. The Morgan fingerprint density at radius 3 is 2.35 bits per heavy atom. The standard InChI is InChI=1S/C17H18BrFO/c1-20-17-7-5-13(6-8-17)9-15(12-18)10-14-3-2-4-16(19)11-14/h2-8,11,15H,9-10,12H2,1H3. The van der Waals surface area contributed by atoms with E-state index in [0.717, 1.165) is 29.5 Å². The van der Waals surface area contributed by atoms with Crippen LogP contribution in [0, 0.1) is 11.7 Å². The van der Waals surface area contributed by atoms with Crippen LogP contribution >= 0.6 is 15.9 Å². The van der Waals surface area contributed by atoms with Crippen molar-refractivity contribution in [2.45, 2.75) is 12.8 Å². The van der Waals surface area contributed by atoms with E-state index in [9.17, 15) is 4.39 Å². The molecule has 0 bridgehead atoms. The third kappa shape index (κ3) is 4.34. The molecular formula is C17H18BrFO. The third-order valence-corrected chi connectivity index (χ3v) is 4.23. The first-order chi connectivity index (χ1) is 9.71. The van der Waals surface area contributed by atoms with Crippen LogP contribution in [0.2, 0.25) is 0 Å². The average molecular weight is 337 g/mol. The Bertz CT molecular complexity index is 539. The summed E-state index contributed by atoms with van der Waals surface area (Å²) in [4.78, 5) is 0. The molecule has 0 heterocycles. The van der Waals surface area contributed by atoms with E-state index in [1.54, 1.807) is 19.2 Å². The van der Waals surface area contributed by atoms with Crippen molar-refractivity contribution in [3.05, 3.63) is 65.5 Å². The van der Waals surface area contributed by atoms with E-state index in [-0.39, 0.29) is 5.82 Å². The topological polar surface area (TPSA) is 9.23 Å². The van der Waals surface area contributed by atoms with E-state index in [0.29, 0.717) is 5.92 Å². The average Bonchev–Trinajstić information content (AvgIpc) is 2.47. The van der Waals surface area contributed by atoms with Gasteiger partial charge in [-0.3, -0.25) is 0 Å². The molecule has 2 rings (SSSR count). The quantitative estimate of drug-likeness (QED) is 0.699. The predicted molar refractivity (Wildman–Crippen MR) is 84.1 cm³/mol.